The zero-order valence-electron chi connectivity index (χ0n) is 19.1. The van der Waals surface area contributed by atoms with Crippen LogP contribution in [0.5, 0.6) is 0 Å². The summed E-state index contributed by atoms with van der Waals surface area (Å²) in [5.74, 6) is 0. The molecule has 0 fully saturated rings. The molecule has 1 aromatic carbocycles. The third-order valence-corrected chi connectivity index (χ3v) is 5.68. The largest absolute Gasteiger partial charge is 0.298 e. The Morgan fingerprint density at radius 2 is 1.21 bits per heavy atom. The fourth-order valence-electron chi connectivity index (χ4n) is 3.91. The first kappa shape index (κ1) is 25.2. The molecule has 0 N–H and O–H groups in total. The number of hydroxylamine groups is 2. The molecule has 0 spiro atoms. The second-order valence-corrected chi connectivity index (χ2v) is 8.17. The molecule has 1 unspecified atom stereocenters. The van der Waals surface area contributed by atoms with E-state index in [-0.39, 0.29) is 0 Å². The van der Waals surface area contributed by atoms with Crippen LogP contribution < -0.4 is 0 Å². The summed E-state index contributed by atoms with van der Waals surface area (Å²) in [4.78, 5) is 6.19. The Morgan fingerprint density at radius 1 is 0.679 bits per heavy atom. The lowest BCUT2D eigenvalue weighted by molar-refractivity contribution is -0.188. The molecule has 2 nitrogen and oxygen atoms in total. The lowest BCUT2D eigenvalue weighted by Gasteiger charge is -2.30. The second kappa shape index (κ2) is 18.2. The van der Waals surface area contributed by atoms with Crippen LogP contribution in [0.2, 0.25) is 0 Å². The van der Waals surface area contributed by atoms with E-state index in [2.05, 4.69) is 56.2 Å². The molecule has 0 radical (unpaired) electrons. The normalized spacial score (nSPS) is 12.6. The van der Waals surface area contributed by atoms with Gasteiger partial charge in [-0.05, 0) is 18.4 Å². The van der Waals surface area contributed by atoms with Gasteiger partial charge in [-0.15, -0.1) is 0 Å². The van der Waals surface area contributed by atoms with E-state index in [4.69, 9.17) is 4.84 Å². The second-order valence-electron chi connectivity index (χ2n) is 8.17. The summed E-state index contributed by atoms with van der Waals surface area (Å²) >= 11 is 0. The van der Waals surface area contributed by atoms with Crippen LogP contribution in [0.4, 0.5) is 0 Å². The van der Waals surface area contributed by atoms with Crippen LogP contribution in [0.3, 0.4) is 0 Å². The Kier molecular flexibility index (Phi) is 16.4. The van der Waals surface area contributed by atoms with Crippen LogP contribution in [0.25, 0.3) is 0 Å². The van der Waals surface area contributed by atoms with E-state index in [9.17, 15) is 0 Å². The average Bonchev–Trinajstić information content (AvgIpc) is 2.73. The predicted molar refractivity (Wildman–Crippen MR) is 124 cm³/mol. The van der Waals surface area contributed by atoms with Crippen molar-refractivity contribution in [1.82, 2.24) is 5.06 Å². The lowest BCUT2D eigenvalue weighted by Crippen LogP contribution is -2.29. The summed E-state index contributed by atoms with van der Waals surface area (Å²) in [6.07, 6.45) is 18.8. The molecule has 1 atom stereocenters. The Labute approximate surface area is 176 Å². The van der Waals surface area contributed by atoms with Gasteiger partial charge in [-0.2, -0.15) is 5.06 Å². The molecule has 2 heteroatoms. The maximum absolute atomic E-state index is 6.19. The minimum absolute atomic E-state index is 0.391. The number of unbranched alkanes of at least 4 members (excludes halogenated alkanes) is 11. The van der Waals surface area contributed by atoms with Crippen molar-refractivity contribution in [3.63, 3.8) is 0 Å². The molecule has 0 saturated carbocycles. The van der Waals surface area contributed by atoms with Crippen molar-refractivity contribution in [2.75, 3.05) is 13.2 Å². The van der Waals surface area contributed by atoms with Gasteiger partial charge in [-0.25, -0.2) is 0 Å². The summed E-state index contributed by atoms with van der Waals surface area (Å²) < 4.78 is 0. The van der Waals surface area contributed by atoms with Crippen LogP contribution in [0, 0.1) is 0 Å². The van der Waals surface area contributed by atoms with E-state index in [1.807, 2.05) is 0 Å². The highest BCUT2D eigenvalue weighted by molar-refractivity contribution is 5.18. The first-order valence-corrected chi connectivity index (χ1v) is 12.3. The number of nitrogens with zero attached hydrogens (tertiary/aromatic N) is 1. The Morgan fingerprint density at radius 3 is 1.79 bits per heavy atom. The number of benzene rings is 1. The maximum atomic E-state index is 6.19. The van der Waals surface area contributed by atoms with Gasteiger partial charge in [0.05, 0.1) is 12.6 Å². The zero-order chi connectivity index (χ0) is 20.3. The van der Waals surface area contributed by atoms with Gasteiger partial charge in [0.1, 0.15) is 0 Å². The molecule has 0 aliphatic carbocycles. The number of rotatable bonds is 19. The van der Waals surface area contributed by atoms with Crippen molar-refractivity contribution in [2.45, 2.75) is 117 Å². The van der Waals surface area contributed by atoms with Crippen molar-refractivity contribution < 1.29 is 4.84 Å². The van der Waals surface area contributed by atoms with Gasteiger partial charge in [0, 0.05) is 6.54 Å². The van der Waals surface area contributed by atoms with Crippen LogP contribution >= 0.6 is 0 Å². The monoisotopic (exact) mass is 389 g/mol. The zero-order valence-corrected chi connectivity index (χ0v) is 19.1. The fourth-order valence-corrected chi connectivity index (χ4v) is 3.91. The first-order chi connectivity index (χ1) is 13.8. The maximum Gasteiger partial charge on any atom is 0.0685 e. The van der Waals surface area contributed by atoms with Gasteiger partial charge in [-0.3, -0.25) is 4.84 Å². The standard InChI is InChI=1S/C26H47NO/c1-4-7-9-10-11-12-13-14-15-19-23-26(25-21-17-16-18-22-25)27(6-3)28-24-20-8-5-2/h16-18,21-22,26H,4-15,19-20,23-24H2,1-3H3. The molecular weight excluding hydrogens is 342 g/mol. The van der Waals surface area contributed by atoms with Gasteiger partial charge >= 0.3 is 0 Å². The van der Waals surface area contributed by atoms with E-state index in [1.54, 1.807) is 0 Å². The number of hydrogen-bond donors (Lipinski definition) is 0. The van der Waals surface area contributed by atoms with Gasteiger partial charge in [-0.1, -0.05) is 128 Å². The number of hydrogen-bond acceptors (Lipinski definition) is 2. The highest BCUT2D eigenvalue weighted by Crippen LogP contribution is 2.27. The van der Waals surface area contributed by atoms with E-state index in [0.29, 0.717) is 6.04 Å². The summed E-state index contributed by atoms with van der Waals surface area (Å²) in [5.41, 5.74) is 1.40. The topological polar surface area (TPSA) is 12.5 Å². The summed E-state index contributed by atoms with van der Waals surface area (Å²) in [5, 5.41) is 2.23. The highest BCUT2D eigenvalue weighted by Gasteiger charge is 2.19. The molecular formula is C26H47NO. The molecule has 1 rings (SSSR count). The molecule has 0 aliphatic rings. The smallest absolute Gasteiger partial charge is 0.0685 e. The Hall–Kier alpha value is -0.860. The third-order valence-electron chi connectivity index (χ3n) is 5.68. The van der Waals surface area contributed by atoms with E-state index >= 15 is 0 Å². The first-order valence-electron chi connectivity index (χ1n) is 12.3. The minimum Gasteiger partial charge on any atom is -0.298 e. The third kappa shape index (κ3) is 11.9. The van der Waals surface area contributed by atoms with Crippen LogP contribution in [0.1, 0.15) is 122 Å². The Bertz CT molecular complexity index is 433. The lowest BCUT2D eigenvalue weighted by atomic mass is 9.99. The molecule has 0 saturated heterocycles. The van der Waals surface area contributed by atoms with E-state index in [1.165, 1.54) is 89.0 Å². The quantitative estimate of drug-likeness (QED) is 0.174. The molecule has 0 amide bonds. The van der Waals surface area contributed by atoms with E-state index in [0.717, 1.165) is 19.6 Å². The van der Waals surface area contributed by atoms with Gasteiger partial charge in [0.15, 0.2) is 0 Å². The molecule has 0 bridgehead atoms. The van der Waals surface area contributed by atoms with Gasteiger partial charge < -0.3 is 0 Å². The van der Waals surface area contributed by atoms with Crippen molar-refractivity contribution in [3.8, 4) is 0 Å². The summed E-state index contributed by atoms with van der Waals surface area (Å²) in [6.45, 7) is 8.55. The molecule has 0 aliphatic heterocycles. The van der Waals surface area contributed by atoms with Crippen molar-refractivity contribution in [3.05, 3.63) is 35.9 Å². The molecule has 0 aromatic heterocycles. The Balaban J connectivity index is 2.34. The molecule has 162 valence electrons. The predicted octanol–water partition coefficient (Wildman–Crippen LogP) is 8.48. The van der Waals surface area contributed by atoms with Crippen LogP contribution in [0.15, 0.2) is 30.3 Å². The van der Waals surface area contributed by atoms with Crippen LogP contribution in [-0.4, -0.2) is 18.2 Å². The minimum atomic E-state index is 0.391. The molecule has 28 heavy (non-hydrogen) atoms. The average molecular weight is 390 g/mol. The van der Waals surface area contributed by atoms with Crippen molar-refractivity contribution in [2.24, 2.45) is 0 Å². The molecule has 1 aromatic rings. The summed E-state index contributed by atoms with van der Waals surface area (Å²) in [7, 11) is 0. The highest BCUT2D eigenvalue weighted by atomic mass is 16.7. The van der Waals surface area contributed by atoms with Crippen molar-refractivity contribution in [1.29, 1.82) is 0 Å². The van der Waals surface area contributed by atoms with Crippen molar-refractivity contribution >= 4 is 0 Å². The SMILES string of the molecule is CCCCCCCCCCCCC(c1ccccc1)N(CC)OCCCCC. The summed E-state index contributed by atoms with van der Waals surface area (Å²) in [6, 6.07) is 11.3. The fraction of sp³-hybridized carbons (Fsp3) is 0.769. The van der Waals surface area contributed by atoms with Gasteiger partial charge in [0.2, 0.25) is 0 Å². The molecule has 0 heterocycles. The van der Waals surface area contributed by atoms with Gasteiger partial charge in [0.25, 0.3) is 0 Å². The van der Waals surface area contributed by atoms with E-state index < -0.39 is 0 Å². The van der Waals surface area contributed by atoms with Crippen LogP contribution in [-0.2, 0) is 4.84 Å².